The zero-order valence-corrected chi connectivity index (χ0v) is 16.1. The number of nitrogens with one attached hydrogen (secondary N) is 2. The zero-order chi connectivity index (χ0) is 20.5. The Bertz CT molecular complexity index is 1270. The molecule has 0 spiro atoms. The Balaban J connectivity index is 1.53. The van der Waals surface area contributed by atoms with Gasteiger partial charge in [0.15, 0.2) is 12.1 Å². The van der Waals surface area contributed by atoms with Gasteiger partial charge in [0.2, 0.25) is 0 Å². The summed E-state index contributed by atoms with van der Waals surface area (Å²) in [5.41, 5.74) is 2.09. The van der Waals surface area contributed by atoms with Gasteiger partial charge in [-0.3, -0.25) is 9.48 Å². The molecule has 0 bridgehead atoms. The van der Waals surface area contributed by atoms with Crippen LogP contribution in [0.15, 0.2) is 52.2 Å². The lowest BCUT2D eigenvalue weighted by Crippen LogP contribution is -2.23. The number of rotatable bonds is 4. The van der Waals surface area contributed by atoms with E-state index in [-0.39, 0.29) is 17.5 Å². The maximum absolute atomic E-state index is 12.6. The fourth-order valence-corrected chi connectivity index (χ4v) is 4.13. The van der Waals surface area contributed by atoms with E-state index in [0.29, 0.717) is 17.1 Å². The molecule has 1 fully saturated rings. The molecule has 1 aliphatic rings. The van der Waals surface area contributed by atoms with Crippen LogP contribution in [0.3, 0.4) is 0 Å². The first-order valence-corrected chi connectivity index (χ1v) is 9.88. The topological polar surface area (TPSA) is 125 Å². The highest BCUT2D eigenvalue weighted by atomic mass is 16.5. The molecule has 2 atom stereocenters. The highest BCUT2D eigenvalue weighted by Gasteiger charge is 2.29. The molecule has 9 heteroatoms. The molecule has 5 rings (SSSR count). The van der Waals surface area contributed by atoms with Crippen LogP contribution in [0.4, 0.5) is 11.5 Å². The molecule has 1 aliphatic carbocycles. The molecule has 2 unspecified atom stereocenters. The van der Waals surface area contributed by atoms with Crippen molar-refractivity contribution in [2.75, 3.05) is 5.32 Å². The van der Waals surface area contributed by atoms with Crippen LogP contribution in [0.1, 0.15) is 31.7 Å². The van der Waals surface area contributed by atoms with Crippen molar-refractivity contribution in [2.24, 2.45) is 5.92 Å². The molecule has 0 amide bonds. The van der Waals surface area contributed by atoms with Gasteiger partial charge in [-0.2, -0.15) is 15.3 Å². The Morgan fingerprint density at radius 3 is 2.80 bits per heavy atom. The molecule has 0 radical (unpaired) electrons. The largest absolute Gasteiger partial charge is 0.338 e. The molecule has 0 aliphatic heterocycles. The number of benzene rings is 1. The highest BCUT2D eigenvalue weighted by molar-refractivity contribution is 5.91. The molecule has 4 aromatic rings. The Morgan fingerprint density at radius 1 is 1.20 bits per heavy atom. The van der Waals surface area contributed by atoms with Crippen molar-refractivity contribution in [3.05, 3.63) is 53.2 Å². The minimum absolute atomic E-state index is 0.0384. The lowest BCUT2D eigenvalue weighted by atomic mass is 9.85. The molecule has 150 valence electrons. The quantitative estimate of drug-likeness (QED) is 0.533. The molecule has 0 saturated heterocycles. The molecule has 3 heterocycles. The van der Waals surface area contributed by atoms with Crippen LogP contribution in [0, 0.1) is 17.2 Å². The maximum atomic E-state index is 12.6. The molecule has 1 saturated carbocycles. The average Bonchev–Trinajstić information content (AvgIpc) is 3.44. The third kappa shape index (κ3) is 3.12. The number of hydrogen-bond acceptors (Lipinski definition) is 7. The summed E-state index contributed by atoms with van der Waals surface area (Å²) in [6, 6.07) is 11.7. The van der Waals surface area contributed by atoms with E-state index in [1.165, 1.54) is 6.33 Å². The van der Waals surface area contributed by atoms with Gasteiger partial charge in [0.05, 0.1) is 23.5 Å². The van der Waals surface area contributed by atoms with Gasteiger partial charge in [0, 0.05) is 17.4 Å². The van der Waals surface area contributed by atoms with Crippen molar-refractivity contribution in [2.45, 2.75) is 31.7 Å². The average molecular weight is 401 g/mol. The lowest BCUT2D eigenvalue weighted by molar-refractivity contribution is 0.277. The number of aromatic amines is 1. The van der Waals surface area contributed by atoms with Crippen LogP contribution in [-0.4, -0.2) is 24.9 Å². The van der Waals surface area contributed by atoms with Crippen molar-refractivity contribution in [1.82, 2.24) is 24.9 Å². The number of nitrogens with zero attached hydrogens (tertiary/aromatic N) is 5. The highest BCUT2D eigenvalue weighted by Crippen LogP contribution is 2.36. The monoisotopic (exact) mass is 401 g/mol. The predicted octanol–water partition coefficient (Wildman–Crippen LogP) is 3.77. The zero-order valence-electron chi connectivity index (χ0n) is 16.1. The van der Waals surface area contributed by atoms with Gasteiger partial charge >= 0.3 is 0 Å². The van der Waals surface area contributed by atoms with E-state index in [9.17, 15) is 10.1 Å². The second kappa shape index (κ2) is 7.48. The van der Waals surface area contributed by atoms with Crippen LogP contribution in [0.5, 0.6) is 0 Å². The molecule has 9 nitrogen and oxygen atoms in total. The Hall–Kier alpha value is -3.93. The van der Waals surface area contributed by atoms with E-state index in [0.717, 1.165) is 42.5 Å². The van der Waals surface area contributed by atoms with Gasteiger partial charge in [-0.1, -0.05) is 18.0 Å². The summed E-state index contributed by atoms with van der Waals surface area (Å²) >= 11 is 0. The SMILES string of the molecule is N#CC1CCCCC1n1nc(Nc2ccc(-c3ncno3)cc2)c2c(=O)[nH]ccc21. The number of nitriles is 1. The van der Waals surface area contributed by atoms with Gasteiger partial charge in [-0.25, -0.2) is 0 Å². The van der Waals surface area contributed by atoms with Crippen LogP contribution in [-0.2, 0) is 0 Å². The number of anilines is 2. The predicted molar refractivity (Wildman–Crippen MR) is 110 cm³/mol. The molecule has 3 aromatic heterocycles. The third-order valence-corrected chi connectivity index (χ3v) is 5.60. The molecular formula is C21H19N7O2. The van der Waals surface area contributed by atoms with E-state index in [4.69, 9.17) is 9.62 Å². The van der Waals surface area contributed by atoms with Crippen molar-refractivity contribution in [1.29, 1.82) is 5.26 Å². The number of pyridine rings is 1. The van der Waals surface area contributed by atoms with Gasteiger partial charge in [-0.05, 0) is 43.2 Å². The minimum Gasteiger partial charge on any atom is -0.338 e. The smallest absolute Gasteiger partial charge is 0.261 e. The van der Waals surface area contributed by atoms with Crippen molar-refractivity contribution < 1.29 is 4.52 Å². The van der Waals surface area contributed by atoms with Crippen LogP contribution in [0.2, 0.25) is 0 Å². The summed E-state index contributed by atoms with van der Waals surface area (Å²) in [6.07, 6.45) is 6.80. The first kappa shape index (κ1) is 18.1. The molecule has 2 N–H and O–H groups in total. The van der Waals surface area contributed by atoms with E-state index in [2.05, 4.69) is 26.5 Å². The Morgan fingerprint density at radius 2 is 2.03 bits per heavy atom. The number of aromatic nitrogens is 5. The number of hydrogen-bond donors (Lipinski definition) is 2. The first-order valence-electron chi connectivity index (χ1n) is 9.88. The standard InChI is InChI=1S/C21H19N7O2/c22-11-14-3-1-2-4-16(14)28-17-9-10-23-20(29)18(17)19(27-28)26-15-7-5-13(6-8-15)21-24-12-25-30-21/h5-10,12,14,16H,1-4H2,(H,23,29)(H,26,27). The first-order chi connectivity index (χ1) is 14.7. The fraction of sp³-hybridized carbons (Fsp3) is 0.286. The van der Waals surface area contributed by atoms with Crippen LogP contribution < -0.4 is 10.9 Å². The van der Waals surface area contributed by atoms with Gasteiger partial charge in [0.25, 0.3) is 11.4 Å². The third-order valence-electron chi connectivity index (χ3n) is 5.60. The number of fused-ring (bicyclic) bond motifs is 1. The summed E-state index contributed by atoms with van der Waals surface area (Å²) in [6.45, 7) is 0. The van der Waals surface area contributed by atoms with E-state index in [1.807, 2.05) is 35.0 Å². The summed E-state index contributed by atoms with van der Waals surface area (Å²) in [5, 5.41) is 21.7. The molecular weight excluding hydrogens is 382 g/mol. The summed E-state index contributed by atoms with van der Waals surface area (Å²) < 4.78 is 6.93. The Labute approximate surface area is 171 Å². The second-order valence-electron chi connectivity index (χ2n) is 7.40. The van der Waals surface area contributed by atoms with Gasteiger partial charge < -0.3 is 14.8 Å². The van der Waals surface area contributed by atoms with E-state index in [1.54, 1.807) is 6.20 Å². The van der Waals surface area contributed by atoms with Crippen molar-refractivity contribution in [3.8, 4) is 17.5 Å². The van der Waals surface area contributed by atoms with Gasteiger partial charge in [0.1, 0.15) is 5.39 Å². The Kier molecular flexibility index (Phi) is 4.52. The maximum Gasteiger partial charge on any atom is 0.261 e. The lowest BCUT2D eigenvalue weighted by Gasteiger charge is -2.27. The van der Waals surface area contributed by atoms with E-state index >= 15 is 0 Å². The van der Waals surface area contributed by atoms with Crippen molar-refractivity contribution >= 4 is 22.4 Å². The summed E-state index contributed by atoms with van der Waals surface area (Å²) in [5.74, 6) is 0.801. The molecule has 30 heavy (non-hydrogen) atoms. The van der Waals surface area contributed by atoms with Crippen molar-refractivity contribution in [3.63, 3.8) is 0 Å². The second-order valence-corrected chi connectivity index (χ2v) is 7.40. The normalized spacial score (nSPS) is 18.9. The van der Waals surface area contributed by atoms with E-state index < -0.39 is 0 Å². The number of H-pyrrole nitrogens is 1. The van der Waals surface area contributed by atoms with Crippen LogP contribution >= 0.6 is 0 Å². The summed E-state index contributed by atoms with van der Waals surface area (Å²) in [4.78, 5) is 19.4. The molecule has 1 aromatic carbocycles. The van der Waals surface area contributed by atoms with Gasteiger partial charge in [-0.15, -0.1) is 0 Å². The summed E-state index contributed by atoms with van der Waals surface area (Å²) in [7, 11) is 0. The minimum atomic E-state index is -0.215. The van der Waals surface area contributed by atoms with Crippen LogP contribution in [0.25, 0.3) is 22.4 Å². The fourth-order valence-electron chi connectivity index (χ4n) is 4.13.